The van der Waals surface area contributed by atoms with E-state index in [-0.39, 0.29) is 0 Å². The molecule has 4 aromatic rings. The van der Waals surface area contributed by atoms with E-state index in [4.69, 9.17) is 4.98 Å². The first-order chi connectivity index (χ1) is 19.7. The fourth-order valence-corrected chi connectivity index (χ4v) is 6.19. The highest BCUT2D eigenvalue weighted by molar-refractivity contribution is 5.90. The van der Waals surface area contributed by atoms with Gasteiger partial charge in [0.25, 0.3) is 0 Å². The van der Waals surface area contributed by atoms with Gasteiger partial charge in [-0.15, -0.1) is 0 Å². The van der Waals surface area contributed by atoms with E-state index in [1.807, 2.05) is 30.5 Å². The van der Waals surface area contributed by atoms with Crippen LogP contribution in [0.4, 0.5) is 11.4 Å². The Kier molecular flexibility index (Phi) is 7.90. The summed E-state index contributed by atoms with van der Waals surface area (Å²) in [6.07, 6.45) is 16.0. The molecule has 2 aliphatic heterocycles. The molecule has 40 heavy (non-hydrogen) atoms. The molecule has 2 fully saturated rings. The predicted molar refractivity (Wildman–Crippen MR) is 162 cm³/mol. The molecule has 204 valence electrons. The standard InChI is InChI=1S/C33H37N7/c1-24-30-12-15-36-32(30)11-10-31(24)38-33-25(21-35-22-26(33)20-34)8-9-27-6-5-7-28(37-27)23-39-18-13-29(14-19-39)40-16-3-2-4-17-40/h5-12,15,21-22,29,36H,2-4,13-14,16-19,23H2,1H3,(H,35,38)/b9-8+. The summed E-state index contributed by atoms with van der Waals surface area (Å²) in [5.74, 6) is 0. The van der Waals surface area contributed by atoms with Crippen LogP contribution in [0.2, 0.25) is 0 Å². The van der Waals surface area contributed by atoms with Crippen LogP contribution in [-0.4, -0.2) is 57.0 Å². The number of nitrogens with one attached hydrogen (secondary N) is 2. The number of fused-ring (bicyclic) bond motifs is 1. The molecule has 0 atom stereocenters. The Labute approximate surface area is 236 Å². The molecule has 0 radical (unpaired) electrons. The Hall–Kier alpha value is -3.99. The van der Waals surface area contributed by atoms with Gasteiger partial charge in [0.05, 0.1) is 22.6 Å². The third-order valence-corrected chi connectivity index (χ3v) is 8.47. The number of nitrogens with zero attached hydrogens (tertiary/aromatic N) is 5. The molecule has 5 heterocycles. The van der Waals surface area contributed by atoms with Crippen molar-refractivity contribution in [3.05, 3.63) is 83.1 Å². The monoisotopic (exact) mass is 531 g/mol. The lowest BCUT2D eigenvalue weighted by Gasteiger charge is -2.40. The van der Waals surface area contributed by atoms with Gasteiger partial charge in [0, 0.05) is 66.4 Å². The minimum atomic E-state index is 0.505. The van der Waals surface area contributed by atoms with Crippen molar-refractivity contribution in [2.75, 3.05) is 31.5 Å². The number of hydrogen-bond donors (Lipinski definition) is 2. The van der Waals surface area contributed by atoms with Crippen LogP contribution in [0.1, 0.15) is 60.2 Å². The van der Waals surface area contributed by atoms with Gasteiger partial charge in [-0.2, -0.15) is 5.26 Å². The highest BCUT2D eigenvalue weighted by Gasteiger charge is 2.25. The number of piperidine rings is 2. The van der Waals surface area contributed by atoms with Gasteiger partial charge >= 0.3 is 0 Å². The average Bonchev–Trinajstić information content (AvgIpc) is 3.49. The number of nitriles is 1. The summed E-state index contributed by atoms with van der Waals surface area (Å²) in [6, 6.07) is 15.5. The summed E-state index contributed by atoms with van der Waals surface area (Å²) < 4.78 is 0. The minimum Gasteiger partial charge on any atom is -0.361 e. The van der Waals surface area contributed by atoms with E-state index in [1.54, 1.807) is 12.4 Å². The Morgan fingerprint density at radius 3 is 2.70 bits per heavy atom. The maximum Gasteiger partial charge on any atom is 0.103 e. The Morgan fingerprint density at radius 1 is 1.02 bits per heavy atom. The normalized spacial score (nSPS) is 17.4. The first kappa shape index (κ1) is 26.2. The number of hydrogen-bond acceptors (Lipinski definition) is 6. The van der Waals surface area contributed by atoms with Crippen molar-refractivity contribution in [1.82, 2.24) is 24.8 Å². The highest BCUT2D eigenvalue weighted by atomic mass is 15.2. The maximum absolute atomic E-state index is 9.82. The van der Waals surface area contributed by atoms with E-state index >= 15 is 0 Å². The zero-order valence-electron chi connectivity index (χ0n) is 23.2. The maximum atomic E-state index is 9.82. The van der Waals surface area contributed by atoms with Crippen molar-refractivity contribution >= 4 is 34.4 Å². The quantitative estimate of drug-likeness (QED) is 0.283. The van der Waals surface area contributed by atoms with Gasteiger partial charge in [0.15, 0.2) is 0 Å². The number of aromatic amines is 1. The van der Waals surface area contributed by atoms with Crippen LogP contribution >= 0.6 is 0 Å². The van der Waals surface area contributed by atoms with Crippen LogP contribution in [0.15, 0.2) is 55.0 Å². The molecule has 1 aromatic carbocycles. The molecule has 7 heteroatoms. The summed E-state index contributed by atoms with van der Waals surface area (Å²) >= 11 is 0. The second-order valence-electron chi connectivity index (χ2n) is 11.1. The number of aryl methyl sites for hydroxylation is 1. The number of rotatable bonds is 7. The van der Waals surface area contributed by atoms with Crippen molar-refractivity contribution < 1.29 is 0 Å². The van der Waals surface area contributed by atoms with E-state index < -0.39 is 0 Å². The lowest BCUT2D eigenvalue weighted by Crippen LogP contribution is -2.46. The van der Waals surface area contributed by atoms with Crippen molar-refractivity contribution in [2.45, 2.75) is 51.6 Å². The zero-order valence-corrected chi connectivity index (χ0v) is 23.2. The first-order valence-corrected chi connectivity index (χ1v) is 14.5. The number of anilines is 2. The fourth-order valence-electron chi connectivity index (χ4n) is 6.19. The largest absolute Gasteiger partial charge is 0.361 e. The van der Waals surface area contributed by atoms with Gasteiger partial charge in [-0.25, -0.2) is 0 Å². The van der Waals surface area contributed by atoms with Gasteiger partial charge in [0.2, 0.25) is 0 Å². The Balaban J connectivity index is 1.15. The lowest BCUT2D eigenvalue weighted by atomic mass is 10.00. The number of aromatic nitrogens is 3. The second kappa shape index (κ2) is 12.0. The predicted octanol–water partition coefficient (Wildman–Crippen LogP) is 6.50. The third kappa shape index (κ3) is 5.79. The van der Waals surface area contributed by atoms with Crippen molar-refractivity contribution in [1.29, 1.82) is 5.26 Å². The van der Waals surface area contributed by atoms with Crippen LogP contribution in [0.3, 0.4) is 0 Å². The molecule has 2 aliphatic rings. The molecular weight excluding hydrogens is 494 g/mol. The molecule has 0 unspecified atom stereocenters. The lowest BCUT2D eigenvalue weighted by molar-refractivity contribution is 0.0891. The van der Waals surface area contributed by atoms with E-state index in [0.717, 1.165) is 70.5 Å². The van der Waals surface area contributed by atoms with Crippen molar-refractivity contribution in [3.8, 4) is 6.07 Å². The van der Waals surface area contributed by atoms with Crippen LogP contribution in [-0.2, 0) is 6.54 Å². The first-order valence-electron chi connectivity index (χ1n) is 14.5. The van der Waals surface area contributed by atoms with E-state index in [9.17, 15) is 5.26 Å². The van der Waals surface area contributed by atoms with Crippen LogP contribution in [0.5, 0.6) is 0 Å². The highest BCUT2D eigenvalue weighted by Crippen LogP contribution is 2.31. The van der Waals surface area contributed by atoms with E-state index in [2.05, 4.69) is 62.3 Å². The topological polar surface area (TPSA) is 83.9 Å². The molecule has 7 nitrogen and oxygen atoms in total. The van der Waals surface area contributed by atoms with Crippen LogP contribution in [0.25, 0.3) is 23.1 Å². The van der Waals surface area contributed by atoms with Gasteiger partial charge in [-0.05, 0) is 93.7 Å². The summed E-state index contributed by atoms with van der Waals surface area (Å²) in [4.78, 5) is 17.8. The van der Waals surface area contributed by atoms with Gasteiger partial charge < -0.3 is 15.2 Å². The number of pyridine rings is 2. The molecule has 0 bridgehead atoms. The van der Waals surface area contributed by atoms with Gasteiger partial charge in [-0.3, -0.25) is 14.9 Å². The smallest absolute Gasteiger partial charge is 0.103 e. The van der Waals surface area contributed by atoms with E-state index in [0.29, 0.717) is 5.56 Å². The Bertz CT molecular complexity index is 1530. The number of likely N-dealkylation sites (tertiary alicyclic amines) is 2. The summed E-state index contributed by atoms with van der Waals surface area (Å²) in [6.45, 7) is 7.82. The van der Waals surface area contributed by atoms with E-state index in [1.165, 1.54) is 45.2 Å². The average molecular weight is 532 g/mol. The van der Waals surface area contributed by atoms with Gasteiger partial charge in [0.1, 0.15) is 6.07 Å². The van der Waals surface area contributed by atoms with Crippen molar-refractivity contribution in [3.63, 3.8) is 0 Å². The second-order valence-corrected chi connectivity index (χ2v) is 11.1. The third-order valence-electron chi connectivity index (χ3n) is 8.47. The fraction of sp³-hybridized carbons (Fsp3) is 0.364. The molecular formula is C33H37N7. The summed E-state index contributed by atoms with van der Waals surface area (Å²) in [7, 11) is 0. The molecule has 0 aliphatic carbocycles. The molecule has 0 spiro atoms. The van der Waals surface area contributed by atoms with Crippen LogP contribution in [0, 0.1) is 18.3 Å². The molecule has 3 aromatic heterocycles. The van der Waals surface area contributed by atoms with Crippen molar-refractivity contribution in [2.24, 2.45) is 0 Å². The minimum absolute atomic E-state index is 0.505. The number of benzene rings is 1. The van der Waals surface area contributed by atoms with Crippen LogP contribution < -0.4 is 5.32 Å². The van der Waals surface area contributed by atoms with Gasteiger partial charge in [-0.1, -0.05) is 12.5 Å². The molecule has 0 saturated carbocycles. The Morgan fingerprint density at radius 2 is 1.88 bits per heavy atom. The molecule has 2 saturated heterocycles. The molecule has 2 N–H and O–H groups in total. The molecule has 6 rings (SSSR count). The summed E-state index contributed by atoms with van der Waals surface area (Å²) in [5, 5.41) is 14.5. The zero-order chi connectivity index (χ0) is 27.3. The molecule has 0 amide bonds. The SMILES string of the molecule is Cc1c(Nc2c(C#N)cncc2/C=C/c2cccc(CN3CCC(N4CCCCC4)CC3)n2)ccc2[nH]ccc12. The summed E-state index contributed by atoms with van der Waals surface area (Å²) in [5.41, 5.74) is 7.28. The number of H-pyrrole nitrogens is 1.